The number of ketones is 1. The number of hydrogen-bond acceptors (Lipinski definition) is 4. The maximum atomic E-state index is 13.0. The minimum Gasteiger partial charge on any atom is -0.508 e. The maximum Gasteiger partial charge on any atom is 0.197 e. The molecule has 3 rings (SSSR count). The van der Waals surface area contributed by atoms with Crippen LogP contribution in [0.1, 0.15) is 32.6 Å². The van der Waals surface area contributed by atoms with Crippen molar-refractivity contribution < 1.29 is 14.3 Å². The van der Waals surface area contributed by atoms with Crippen molar-refractivity contribution in [1.82, 2.24) is 4.90 Å². The highest BCUT2D eigenvalue weighted by Gasteiger charge is 2.21. The van der Waals surface area contributed by atoms with E-state index in [-0.39, 0.29) is 11.5 Å². The van der Waals surface area contributed by atoms with E-state index in [2.05, 4.69) is 0 Å². The van der Waals surface area contributed by atoms with Crippen molar-refractivity contribution in [3.05, 3.63) is 64.4 Å². The molecule has 1 aromatic heterocycles. The Morgan fingerprint density at radius 2 is 1.88 bits per heavy atom. The Labute approximate surface area is 141 Å². The van der Waals surface area contributed by atoms with Crippen molar-refractivity contribution >= 4 is 16.8 Å². The van der Waals surface area contributed by atoms with Crippen LogP contribution in [0.3, 0.4) is 0 Å². The zero-order valence-electron chi connectivity index (χ0n) is 14.4. The average molecular weight is 323 g/mol. The summed E-state index contributed by atoms with van der Waals surface area (Å²) in [4.78, 5) is 15.0. The molecular weight excluding hydrogens is 302 g/mol. The summed E-state index contributed by atoms with van der Waals surface area (Å²) in [6.45, 7) is 4.46. The fourth-order valence-corrected chi connectivity index (χ4v) is 3.05. The molecule has 0 aliphatic carbocycles. The van der Waals surface area contributed by atoms with Gasteiger partial charge in [-0.15, -0.1) is 0 Å². The van der Waals surface area contributed by atoms with Gasteiger partial charge in [-0.3, -0.25) is 4.79 Å². The number of carbonyl (C=O) groups excluding carboxylic acids is 1. The minimum absolute atomic E-state index is 0.0862. The number of aryl methyl sites for hydroxylation is 2. The van der Waals surface area contributed by atoms with Crippen molar-refractivity contribution in [2.75, 3.05) is 14.1 Å². The zero-order valence-corrected chi connectivity index (χ0v) is 14.4. The van der Waals surface area contributed by atoms with Crippen LogP contribution < -0.4 is 0 Å². The molecule has 24 heavy (non-hydrogen) atoms. The van der Waals surface area contributed by atoms with Crippen LogP contribution in [0.5, 0.6) is 5.75 Å². The van der Waals surface area contributed by atoms with Gasteiger partial charge in [-0.1, -0.05) is 23.8 Å². The van der Waals surface area contributed by atoms with Crippen LogP contribution in [0.25, 0.3) is 11.0 Å². The number of phenolic OH excluding ortho intramolecular Hbond substituents is 1. The van der Waals surface area contributed by atoms with E-state index >= 15 is 0 Å². The van der Waals surface area contributed by atoms with E-state index in [0.29, 0.717) is 34.2 Å². The number of furan rings is 1. The lowest BCUT2D eigenvalue weighted by molar-refractivity contribution is 0.103. The van der Waals surface area contributed by atoms with Gasteiger partial charge in [0.1, 0.15) is 17.6 Å². The van der Waals surface area contributed by atoms with E-state index in [9.17, 15) is 9.90 Å². The molecule has 0 unspecified atom stereocenters. The van der Waals surface area contributed by atoms with Crippen molar-refractivity contribution in [3.8, 4) is 5.75 Å². The normalized spacial score (nSPS) is 11.4. The maximum absolute atomic E-state index is 13.0. The number of benzene rings is 2. The Morgan fingerprint density at radius 3 is 2.54 bits per heavy atom. The third-order valence-electron chi connectivity index (χ3n) is 4.17. The van der Waals surface area contributed by atoms with Gasteiger partial charge in [-0.2, -0.15) is 0 Å². The van der Waals surface area contributed by atoms with E-state index in [1.807, 2.05) is 51.0 Å². The SMILES string of the molecule is Cc1ccc(C(=O)c2coc3ccc(O)c(CN(C)C)c23)c(C)c1. The first-order chi connectivity index (χ1) is 11.4. The third-order valence-corrected chi connectivity index (χ3v) is 4.17. The highest BCUT2D eigenvalue weighted by atomic mass is 16.3. The Bertz CT molecular complexity index is 922. The van der Waals surface area contributed by atoms with Gasteiger partial charge in [0, 0.05) is 23.1 Å². The number of rotatable bonds is 4. The van der Waals surface area contributed by atoms with Crippen molar-refractivity contribution in [3.63, 3.8) is 0 Å². The third kappa shape index (κ3) is 2.81. The van der Waals surface area contributed by atoms with Gasteiger partial charge in [0.25, 0.3) is 0 Å². The van der Waals surface area contributed by atoms with Crippen LogP contribution in [-0.2, 0) is 6.54 Å². The summed E-state index contributed by atoms with van der Waals surface area (Å²) < 4.78 is 5.58. The van der Waals surface area contributed by atoms with Crippen LogP contribution in [0.2, 0.25) is 0 Å². The topological polar surface area (TPSA) is 53.7 Å². The number of phenols is 1. The molecule has 2 aromatic carbocycles. The number of carbonyl (C=O) groups is 1. The molecule has 0 bridgehead atoms. The molecule has 0 saturated carbocycles. The van der Waals surface area contributed by atoms with Gasteiger partial charge in [-0.25, -0.2) is 0 Å². The van der Waals surface area contributed by atoms with E-state index in [4.69, 9.17) is 4.42 Å². The highest BCUT2D eigenvalue weighted by Crippen LogP contribution is 2.33. The minimum atomic E-state index is -0.0862. The lowest BCUT2D eigenvalue weighted by Crippen LogP contribution is -2.12. The molecule has 0 fully saturated rings. The van der Waals surface area contributed by atoms with Crippen molar-refractivity contribution in [1.29, 1.82) is 0 Å². The summed E-state index contributed by atoms with van der Waals surface area (Å²) >= 11 is 0. The molecule has 0 radical (unpaired) electrons. The fourth-order valence-electron chi connectivity index (χ4n) is 3.05. The van der Waals surface area contributed by atoms with Gasteiger partial charge < -0.3 is 14.4 Å². The monoisotopic (exact) mass is 323 g/mol. The molecule has 0 aliphatic heterocycles. The fraction of sp³-hybridized carbons (Fsp3) is 0.250. The summed E-state index contributed by atoms with van der Waals surface area (Å²) in [5.74, 6) is 0.0872. The molecule has 0 amide bonds. The number of fused-ring (bicyclic) bond motifs is 1. The Balaban J connectivity index is 2.19. The second-order valence-corrected chi connectivity index (χ2v) is 6.47. The number of aromatic hydroxyl groups is 1. The lowest BCUT2D eigenvalue weighted by Gasteiger charge is -2.13. The van der Waals surface area contributed by atoms with Gasteiger partial charge in [0.15, 0.2) is 5.78 Å². The molecule has 0 atom stereocenters. The van der Waals surface area contributed by atoms with E-state index < -0.39 is 0 Å². The molecule has 3 aromatic rings. The van der Waals surface area contributed by atoms with Crippen LogP contribution in [0.15, 0.2) is 41.0 Å². The predicted molar refractivity (Wildman–Crippen MR) is 94.6 cm³/mol. The first kappa shape index (κ1) is 16.3. The molecular formula is C20H21NO3. The smallest absolute Gasteiger partial charge is 0.197 e. The summed E-state index contributed by atoms with van der Waals surface area (Å²) in [6.07, 6.45) is 1.49. The first-order valence-electron chi connectivity index (χ1n) is 7.87. The number of nitrogens with zero attached hydrogens (tertiary/aromatic N) is 1. The Kier molecular flexibility index (Phi) is 4.16. The van der Waals surface area contributed by atoms with Crippen molar-refractivity contribution in [2.24, 2.45) is 0 Å². The summed E-state index contributed by atoms with van der Waals surface area (Å²) in [7, 11) is 3.84. The summed E-state index contributed by atoms with van der Waals surface area (Å²) in [5.41, 5.74) is 4.51. The Hall–Kier alpha value is -2.59. The largest absolute Gasteiger partial charge is 0.508 e. The molecule has 1 heterocycles. The van der Waals surface area contributed by atoms with Crippen molar-refractivity contribution in [2.45, 2.75) is 20.4 Å². The lowest BCUT2D eigenvalue weighted by atomic mass is 9.95. The summed E-state index contributed by atoms with van der Waals surface area (Å²) in [5, 5.41) is 11.0. The van der Waals surface area contributed by atoms with Gasteiger partial charge in [0.2, 0.25) is 0 Å². The second kappa shape index (κ2) is 6.13. The second-order valence-electron chi connectivity index (χ2n) is 6.47. The zero-order chi connectivity index (χ0) is 17.4. The Morgan fingerprint density at radius 1 is 1.12 bits per heavy atom. The molecule has 4 heteroatoms. The van der Waals surface area contributed by atoms with Crippen LogP contribution >= 0.6 is 0 Å². The molecule has 0 saturated heterocycles. The van der Waals surface area contributed by atoms with Gasteiger partial charge >= 0.3 is 0 Å². The average Bonchev–Trinajstić information content (AvgIpc) is 2.93. The molecule has 124 valence electrons. The molecule has 0 spiro atoms. The van der Waals surface area contributed by atoms with Gasteiger partial charge in [0.05, 0.1) is 5.56 Å². The quantitative estimate of drug-likeness (QED) is 0.736. The molecule has 4 nitrogen and oxygen atoms in total. The summed E-state index contributed by atoms with van der Waals surface area (Å²) in [6, 6.07) is 9.08. The van der Waals surface area contributed by atoms with E-state index in [1.165, 1.54) is 6.26 Å². The standard InChI is InChI=1S/C20H21NO3/c1-12-5-6-14(13(2)9-12)20(23)16-11-24-18-8-7-17(22)15(19(16)18)10-21(3)4/h5-9,11,22H,10H2,1-4H3. The highest BCUT2D eigenvalue weighted by molar-refractivity contribution is 6.17. The van der Waals surface area contributed by atoms with Crippen LogP contribution in [0.4, 0.5) is 0 Å². The first-order valence-corrected chi connectivity index (χ1v) is 7.87. The van der Waals surface area contributed by atoms with E-state index in [1.54, 1.807) is 12.1 Å². The number of hydrogen-bond donors (Lipinski definition) is 1. The van der Waals surface area contributed by atoms with E-state index in [0.717, 1.165) is 11.1 Å². The predicted octanol–water partition coefficient (Wildman–Crippen LogP) is 4.05. The van der Waals surface area contributed by atoms with Crippen LogP contribution in [0, 0.1) is 13.8 Å². The van der Waals surface area contributed by atoms with Gasteiger partial charge in [-0.05, 0) is 45.6 Å². The molecule has 1 N–H and O–H groups in total. The van der Waals surface area contributed by atoms with Crippen LogP contribution in [-0.4, -0.2) is 29.9 Å². The molecule has 0 aliphatic rings.